The van der Waals surface area contributed by atoms with Crippen molar-refractivity contribution < 1.29 is 4.43 Å². The first-order valence-corrected chi connectivity index (χ1v) is 9.76. The lowest BCUT2D eigenvalue weighted by Gasteiger charge is -2.39. The molecule has 1 rings (SSSR count). The first-order valence-electron chi connectivity index (χ1n) is 6.85. The lowest BCUT2D eigenvalue weighted by molar-refractivity contribution is 0.189. The summed E-state index contributed by atoms with van der Waals surface area (Å²) in [6.45, 7) is 13.4. The molecule has 0 radical (unpaired) electrons. The molecule has 104 valence electrons. The van der Waals surface area contributed by atoms with Crippen LogP contribution in [0.15, 0.2) is 24.3 Å². The second-order valence-electron chi connectivity index (χ2n) is 6.69. The second kappa shape index (κ2) is 5.94. The highest BCUT2D eigenvalue weighted by Crippen LogP contribution is 2.40. The third kappa shape index (κ3) is 4.23. The molecule has 0 fully saturated rings. The van der Waals surface area contributed by atoms with Crippen LogP contribution in [0.1, 0.15) is 44.4 Å². The topological polar surface area (TPSA) is 9.23 Å². The van der Waals surface area contributed by atoms with Gasteiger partial charge in [-0.25, -0.2) is 0 Å². The normalized spacial score (nSPS) is 13.9. The molecule has 0 spiro atoms. The van der Waals surface area contributed by atoms with Crippen molar-refractivity contribution in [3.63, 3.8) is 0 Å². The number of rotatable bonds is 4. The fraction of sp³-hybridized carbons (Fsp3) is 0.529. The van der Waals surface area contributed by atoms with Gasteiger partial charge in [-0.15, -0.1) is 12.3 Å². The highest BCUT2D eigenvalue weighted by Gasteiger charge is 2.39. The Hall–Kier alpha value is -1.04. The molecule has 1 aromatic carbocycles. The zero-order chi connectivity index (χ0) is 14.7. The van der Waals surface area contributed by atoms with Gasteiger partial charge in [-0.2, -0.15) is 0 Å². The Balaban J connectivity index is 2.97. The fourth-order valence-electron chi connectivity index (χ4n) is 1.65. The Labute approximate surface area is 119 Å². The molecule has 1 nitrogen and oxygen atoms in total. The first-order chi connectivity index (χ1) is 8.67. The van der Waals surface area contributed by atoms with E-state index in [1.54, 1.807) is 0 Å². The maximum absolute atomic E-state index is 6.47. The van der Waals surface area contributed by atoms with Gasteiger partial charge in [-0.3, -0.25) is 0 Å². The summed E-state index contributed by atoms with van der Waals surface area (Å²) in [5.41, 5.74) is 2.45. The maximum Gasteiger partial charge on any atom is 0.192 e. The molecule has 0 aliphatic rings. The second-order valence-corrected chi connectivity index (χ2v) is 11.4. The van der Waals surface area contributed by atoms with Gasteiger partial charge in [0.2, 0.25) is 0 Å². The predicted molar refractivity (Wildman–Crippen MR) is 85.7 cm³/mol. The van der Waals surface area contributed by atoms with Gasteiger partial charge in [0.15, 0.2) is 8.32 Å². The molecule has 1 unspecified atom stereocenters. The summed E-state index contributed by atoms with van der Waals surface area (Å²) in [5.74, 6) is 2.75. The number of hydrogen-bond donors (Lipinski definition) is 0. The molecule has 0 heterocycles. The van der Waals surface area contributed by atoms with E-state index in [1.807, 2.05) is 0 Å². The molecule has 0 N–H and O–H groups in total. The van der Waals surface area contributed by atoms with E-state index in [4.69, 9.17) is 10.8 Å². The Morgan fingerprint density at radius 3 is 2.16 bits per heavy atom. The number of terminal acetylenes is 1. The summed E-state index contributed by atoms with van der Waals surface area (Å²) < 4.78 is 6.47. The molecule has 1 atom stereocenters. The molecule has 0 bridgehead atoms. The van der Waals surface area contributed by atoms with Crippen molar-refractivity contribution in [1.29, 1.82) is 0 Å². The van der Waals surface area contributed by atoms with Crippen LogP contribution in [0.25, 0.3) is 0 Å². The highest BCUT2D eigenvalue weighted by molar-refractivity contribution is 6.74. The third-order valence-electron chi connectivity index (χ3n) is 4.00. The minimum atomic E-state index is -1.80. The summed E-state index contributed by atoms with van der Waals surface area (Å²) >= 11 is 0. The van der Waals surface area contributed by atoms with Crippen LogP contribution < -0.4 is 0 Å². The van der Waals surface area contributed by atoms with Crippen LogP contribution in [0.4, 0.5) is 0 Å². The van der Waals surface area contributed by atoms with E-state index >= 15 is 0 Å². The van der Waals surface area contributed by atoms with Crippen LogP contribution in [0.3, 0.4) is 0 Å². The lowest BCUT2D eigenvalue weighted by Crippen LogP contribution is -2.41. The maximum atomic E-state index is 6.47. The monoisotopic (exact) mass is 274 g/mol. The van der Waals surface area contributed by atoms with Gasteiger partial charge in [0.1, 0.15) is 0 Å². The quantitative estimate of drug-likeness (QED) is 0.549. The van der Waals surface area contributed by atoms with Crippen molar-refractivity contribution in [2.45, 2.75) is 58.4 Å². The van der Waals surface area contributed by atoms with Gasteiger partial charge in [-0.1, -0.05) is 50.6 Å². The Bertz CT molecular complexity index is 446. The molecular weight excluding hydrogens is 248 g/mol. The fourth-order valence-corrected chi connectivity index (χ4v) is 2.93. The first kappa shape index (κ1) is 16.0. The molecular formula is C17H26OSi. The van der Waals surface area contributed by atoms with Gasteiger partial charge >= 0.3 is 0 Å². The van der Waals surface area contributed by atoms with Gasteiger partial charge in [0.25, 0.3) is 0 Å². The molecule has 0 amide bonds. The Kier molecular flexibility index (Phi) is 5.01. The van der Waals surface area contributed by atoms with E-state index in [0.717, 1.165) is 0 Å². The van der Waals surface area contributed by atoms with Crippen LogP contribution in [0.5, 0.6) is 0 Å². The van der Waals surface area contributed by atoms with Gasteiger partial charge in [-0.05, 0) is 30.6 Å². The van der Waals surface area contributed by atoms with Crippen molar-refractivity contribution in [2.24, 2.45) is 0 Å². The summed E-state index contributed by atoms with van der Waals surface area (Å²) in [7, 11) is -1.80. The van der Waals surface area contributed by atoms with Gasteiger partial charge < -0.3 is 4.43 Å². The van der Waals surface area contributed by atoms with Crippen molar-refractivity contribution >= 4 is 8.32 Å². The molecule has 2 heteroatoms. The summed E-state index contributed by atoms with van der Waals surface area (Å²) in [6, 6.07) is 8.50. The zero-order valence-electron chi connectivity index (χ0n) is 13.1. The summed E-state index contributed by atoms with van der Waals surface area (Å²) in [5, 5.41) is 0.199. The molecule has 0 saturated carbocycles. The lowest BCUT2D eigenvalue weighted by atomic mass is 10.1. The van der Waals surface area contributed by atoms with E-state index in [9.17, 15) is 0 Å². The van der Waals surface area contributed by atoms with Crippen molar-refractivity contribution in [3.05, 3.63) is 35.4 Å². The average molecular weight is 274 g/mol. The van der Waals surface area contributed by atoms with Gasteiger partial charge in [0, 0.05) is 6.42 Å². The van der Waals surface area contributed by atoms with E-state index in [1.165, 1.54) is 11.1 Å². The van der Waals surface area contributed by atoms with Crippen molar-refractivity contribution in [1.82, 2.24) is 0 Å². The third-order valence-corrected chi connectivity index (χ3v) is 8.48. The molecule has 0 aliphatic heterocycles. The largest absolute Gasteiger partial charge is 0.409 e. The van der Waals surface area contributed by atoms with Crippen LogP contribution in [0, 0.1) is 19.3 Å². The Morgan fingerprint density at radius 2 is 1.74 bits per heavy atom. The molecule has 1 aromatic rings. The summed E-state index contributed by atoms with van der Waals surface area (Å²) in [6.07, 6.45) is 6.16. The average Bonchev–Trinajstić information content (AvgIpc) is 2.27. The molecule has 19 heavy (non-hydrogen) atoms. The number of aryl methyl sites for hydroxylation is 1. The van der Waals surface area contributed by atoms with Crippen LogP contribution in [-0.4, -0.2) is 8.32 Å². The molecule has 0 saturated heterocycles. The van der Waals surface area contributed by atoms with E-state index in [-0.39, 0.29) is 11.1 Å². The predicted octanol–water partition coefficient (Wildman–Crippen LogP) is 5.08. The standard InChI is InChI=1S/C17H26OSi/c1-8-9-16(15-12-10-14(2)11-13-15)18-19(6,7)17(3,4)5/h1,10-13,16H,9H2,2-7H3. The zero-order valence-corrected chi connectivity index (χ0v) is 14.1. The molecule has 0 aromatic heterocycles. The smallest absolute Gasteiger partial charge is 0.192 e. The van der Waals surface area contributed by atoms with E-state index < -0.39 is 8.32 Å². The minimum absolute atomic E-state index is 0.0199. The summed E-state index contributed by atoms with van der Waals surface area (Å²) in [4.78, 5) is 0. The van der Waals surface area contributed by atoms with Crippen molar-refractivity contribution in [3.8, 4) is 12.3 Å². The van der Waals surface area contributed by atoms with Crippen LogP contribution in [-0.2, 0) is 4.43 Å². The van der Waals surface area contributed by atoms with Crippen LogP contribution >= 0.6 is 0 Å². The Morgan fingerprint density at radius 1 is 1.21 bits per heavy atom. The molecule has 0 aliphatic carbocycles. The SMILES string of the molecule is C#CCC(O[Si](C)(C)C(C)(C)C)c1ccc(C)cc1. The van der Waals surface area contributed by atoms with Crippen LogP contribution in [0.2, 0.25) is 18.1 Å². The van der Waals surface area contributed by atoms with Gasteiger partial charge in [0.05, 0.1) is 6.10 Å². The van der Waals surface area contributed by atoms with Crippen molar-refractivity contribution in [2.75, 3.05) is 0 Å². The van der Waals surface area contributed by atoms with E-state index in [0.29, 0.717) is 6.42 Å². The number of hydrogen-bond acceptors (Lipinski definition) is 1. The number of benzene rings is 1. The minimum Gasteiger partial charge on any atom is -0.409 e. The highest BCUT2D eigenvalue weighted by atomic mass is 28.4. The van der Waals surface area contributed by atoms with E-state index in [2.05, 4.69) is 71.0 Å².